The lowest BCUT2D eigenvalue weighted by Gasteiger charge is -2.60. The van der Waals surface area contributed by atoms with Gasteiger partial charge in [0, 0.05) is 18.6 Å². The van der Waals surface area contributed by atoms with E-state index in [0.29, 0.717) is 17.9 Å². The number of ether oxygens (including phenoxy) is 2. The Balaban J connectivity index is 1.74. The molecule has 0 spiro atoms. The van der Waals surface area contributed by atoms with Crippen LogP contribution in [0, 0.1) is 22.7 Å². The summed E-state index contributed by atoms with van der Waals surface area (Å²) in [5.74, 6) is 0.198. The molecule has 0 unspecified atom stereocenters. The largest absolute Gasteiger partial charge is 0.462 e. The van der Waals surface area contributed by atoms with E-state index in [2.05, 4.69) is 40.3 Å². The third-order valence-electron chi connectivity index (χ3n) is 8.74. The van der Waals surface area contributed by atoms with Gasteiger partial charge in [-0.05, 0) is 74.5 Å². The van der Waals surface area contributed by atoms with Crippen LogP contribution in [0.4, 0.5) is 0 Å². The molecule has 0 aromatic rings. The maximum Gasteiger partial charge on any atom is 0.331 e. The highest BCUT2D eigenvalue weighted by molar-refractivity contribution is 5.85. The molecule has 2 aliphatic carbocycles. The number of carbonyl (C=O) groups is 2. The fourth-order valence-corrected chi connectivity index (χ4v) is 6.42. The molecule has 178 valence electrons. The molecule has 0 radical (unpaired) electrons. The first-order valence-electron chi connectivity index (χ1n) is 12.0. The number of cyclic esters (lactones) is 1. The van der Waals surface area contributed by atoms with Gasteiger partial charge in [-0.3, -0.25) is 4.79 Å². The summed E-state index contributed by atoms with van der Waals surface area (Å²) < 4.78 is 10.7. The Hall–Kier alpha value is -1.88. The third-order valence-corrected chi connectivity index (χ3v) is 8.74. The first kappa shape index (κ1) is 24.8. The van der Waals surface area contributed by atoms with Crippen LogP contribution in [0.1, 0.15) is 79.6 Å². The summed E-state index contributed by atoms with van der Waals surface area (Å²) in [7, 11) is 0. The zero-order chi connectivity index (χ0) is 23.7. The molecule has 0 amide bonds. The van der Waals surface area contributed by atoms with E-state index in [1.54, 1.807) is 0 Å². The molecule has 0 aromatic heterocycles. The van der Waals surface area contributed by atoms with Crippen LogP contribution in [-0.4, -0.2) is 35.9 Å². The van der Waals surface area contributed by atoms with Gasteiger partial charge in [-0.25, -0.2) is 4.79 Å². The lowest BCUT2D eigenvalue weighted by Crippen LogP contribution is -2.56. The SMILES string of the molecule is C=C1CCC[C@H]2[C@@](C)(CC/C(C)=C/C[C@@H](O)C3=CC(=O)OC3)[C@@H](C)[C@H](OC(C)=O)C[C@]12C. The molecular formula is C27H40O5. The summed E-state index contributed by atoms with van der Waals surface area (Å²) in [6.45, 7) is 15.2. The van der Waals surface area contributed by atoms with Crippen LogP contribution in [0.3, 0.4) is 0 Å². The van der Waals surface area contributed by atoms with Gasteiger partial charge < -0.3 is 14.6 Å². The molecule has 32 heavy (non-hydrogen) atoms. The second kappa shape index (κ2) is 9.54. The van der Waals surface area contributed by atoms with Crippen LogP contribution >= 0.6 is 0 Å². The Kier molecular flexibility index (Phi) is 7.38. The molecule has 3 aliphatic rings. The maximum atomic E-state index is 11.8. The van der Waals surface area contributed by atoms with Gasteiger partial charge in [0.05, 0.1) is 6.10 Å². The molecule has 2 fully saturated rings. The van der Waals surface area contributed by atoms with E-state index in [-0.39, 0.29) is 41.4 Å². The highest BCUT2D eigenvalue weighted by atomic mass is 16.5. The van der Waals surface area contributed by atoms with Crippen molar-refractivity contribution in [3.63, 3.8) is 0 Å². The molecule has 2 saturated carbocycles. The number of carbonyl (C=O) groups excluding carboxylic acids is 2. The minimum Gasteiger partial charge on any atom is -0.462 e. The van der Waals surface area contributed by atoms with Crippen molar-refractivity contribution < 1.29 is 24.2 Å². The van der Waals surface area contributed by atoms with Crippen molar-refractivity contribution in [2.45, 2.75) is 91.8 Å². The average Bonchev–Trinajstić information content (AvgIpc) is 3.16. The Bertz CT molecular complexity index is 824. The Labute approximate surface area is 192 Å². The monoisotopic (exact) mass is 444 g/mol. The van der Waals surface area contributed by atoms with E-state index >= 15 is 0 Å². The van der Waals surface area contributed by atoms with Gasteiger partial charge in [-0.15, -0.1) is 0 Å². The van der Waals surface area contributed by atoms with Gasteiger partial charge in [-0.1, -0.05) is 44.6 Å². The van der Waals surface area contributed by atoms with Crippen LogP contribution in [0.5, 0.6) is 0 Å². The van der Waals surface area contributed by atoms with Gasteiger partial charge in [0.15, 0.2) is 0 Å². The predicted molar refractivity (Wildman–Crippen MR) is 125 cm³/mol. The van der Waals surface area contributed by atoms with Crippen LogP contribution in [0.2, 0.25) is 0 Å². The van der Waals surface area contributed by atoms with Gasteiger partial charge in [0.25, 0.3) is 0 Å². The predicted octanol–water partition coefficient (Wildman–Crippen LogP) is 5.29. The van der Waals surface area contributed by atoms with Crippen molar-refractivity contribution >= 4 is 11.9 Å². The van der Waals surface area contributed by atoms with Gasteiger partial charge in [-0.2, -0.15) is 0 Å². The summed E-state index contributed by atoms with van der Waals surface area (Å²) >= 11 is 0. The molecule has 0 aromatic carbocycles. The minimum atomic E-state index is -0.682. The van der Waals surface area contributed by atoms with Gasteiger partial charge >= 0.3 is 11.9 Å². The van der Waals surface area contributed by atoms with E-state index in [4.69, 9.17) is 9.47 Å². The summed E-state index contributed by atoms with van der Waals surface area (Å²) in [5, 5.41) is 10.4. The van der Waals surface area contributed by atoms with Crippen LogP contribution in [-0.2, 0) is 19.1 Å². The zero-order valence-corrected chi connectivity index (χ0v) is 20.4. The lowest BCUT2D eigenvalue weighted by molar-refractivity contribution is -0.171. The van der Waals surface area contributed by atoms with Crippen LogP contribution in [0.15, 0.2) is 35.5 Å². The quantitative estimate of drug-likeness (QED) is 0.427. The second-order valence-corrected chi connectivity index (χ2v) is 10.7. The molecule has 6 atom stereocenters. The average molecular weight is 445 g/mol. The minimum absolute atomic E-state index is 0.00503. The number of hydrogen-bond acceptors (Lipinski definition) is 5. The second-order valence-electron chi connectivity index (χ2n) is 10.7. The number of hydrogen-bond donors (Lipinski definition) is 1. The van der Waals surface area contributed by atoms with Crippen molar-refractivity contribution in [1.29, 1.82) is 0 Å². The number of allylic oxidation sites excluding steroid dienone is 2. The Morgan fingerprint density at radius 1 is 1.41 bits per heavy atom. The molecule has 0 saturated heterocycles. The van der Waals surface area contributed by atoms with Gasteiger partial charge in [0.1, 0.15) is 12.7 Å². The standard InChI is InChI=1S/C27H40O5/c1-17(10-11-22(29)21-14-25(30)31-16-21)12-13-26(5)19(3)23(32-20(4)28)15-27(6)18(2)8-7-9-24(26)27/h10,14,19,22-24,29H,2,7-9,11-13,15-16H2,1,3-6H3/b17-10+/t19-,22+,23+,24-,26-,27+/m0/s1. The molecule has 0 bridgehead atoms. The van der Waals surface area contributed by atoms with E-state index in [9.17, 15) is 14.7 Å². The van der Waals surface area contributed by atoms with Crippen LogP contribution < -0.4 is 0 Å². The smallest absolute Gasteiger partial charge is 0.331 e. The molecule has 1 heterocycles. The number of aliphatic hydroxyl groups excluding tert-OH is 1. The highest BCUT2D eigenvalue weighted by Crippen LogP contribution is 2.63. The Morgan fingerprint density at radius 2 is 2.12 bits per heavy atom. The molecular weight excluding hydrogens is 404 g/mol. The van der Waals surface area contributed by atoms with Gasteiger partial charge in [0.2, 0.25) is 0 Å². The summed E-state index contributed by atoms with van der Waals surface area (Å²) in [4.78, 5) is 23.1. The van der Waals surface area contributed by atoms with E-state index in [1.807, 2.05) is 0 Å². The van der Waals surface area contributed by atoms with Crippen molar-refractivity contribution in [2.24, 2.45) is 22.7 Å². The molecule has 5 nitrogen and oxygen atoms in total. The zero-order valence-electron chi connectivity index (χ0n) is 20.4. The number of rotatable bonds is 7. The van der Waals surface area contributed by atoms with E-state index in [1.165, 1.54) is 37.0 Å². The summed E-state index contributed by atoms with van der Waals surface area (Å²) in [6.07, 6.45) is 9.39. The number of esters is 2. The number of fused-ring (bicyclic) bond motifs is 1. The normalized spacial score (nSPS) is 36.2. The molecule has 3 rings (SSSR count). The maximum absolute atomic E-state index is 11.8. The Morgan fingerprint density at radius 3 is 2.75 bits per heavy atom. The summed E-state index contributed by atoms with van der Waals surface area (Å²) in [5.41, 5.74) is 3.20. The summed E-state index contributed by atoms with van der Waals surface area (Å²) in [6, 6.07) is 0. The van der Waals surface area contributed by atoms with Crippen LogP contribution in [0.25, 0.3) is 0 Å². The van der Waals surface area contributed by atoms with Crippen molar-refractivity contribution in [3.8, 4) is 0 Å². The first-order chi connectivity index (χ1) is 15.0. The van der Waals surface area contributed by atoms with Crippen molar-refractivity contribution in [1.82, 2.24) is 0 Å². The third kappa shape index (κ3) is 4.88. The van der Waals surface area contributed by atoms with Crippen molar-refractivity contribution in [2.75, 3.05) is 6.61 Å². The lowest BCUT2D eigenvalue weighted by atomic mass is 9.45. The van der Waals surface area contributed by atoms with E-state index < -0.39 is 6.10 Å². The topological polar surface area (TPSA) is 72.8 Å². The molecule has 1 aliphatic heterocycles. The van der Waals surface area contributed by atoms with E-state index in [0.717, 1.165) is 25.7 Å². The molecule has 5 heteroatoms. The van der Waals surface area contributed by atoms with Crippen molar-refractivity contribution in [3.05, 3.63) is 35.5 Å². The highest BCUT2D eigenvalue weighted by Gasteiger charge is 2.57. The fraction of sp³-hybridized carbons (Fsp3) is 0.704. The first-order valence-corrected chi connectivity index (χ1v) is 12.0. The number of aliphatic hydroxyl groups is 1. The molecule has 1 N–H and O–H groups in total. The fourth-order valence-electron chi connectivity index (χ4n) is 6.42.